The Labute approximate surface area is 183 Å². The number of carboxylic acid groups (broad SMARTS) is 1. The average molecular weight is 438 g/mol. The molecule has 3 N–H and O–H groups in total. The summed E-state index contributed by atoms with van der Waals surface area (Å²) in [5.41, 5.74) is 8.49. The van der Waals surface area contributed by atoms with Gasteiger partial charge in [-0.15, -0.1) is 0 Å². The number of rotatable bonds is 2. The van der Waals surface area contributed by atoms with Crippen molar-refractivity contribution in [3.05, 3.63) is 47.5 Å². The third-order valence-electron chi connectivity index (χ3n) is 5.47. The number of carbonyl (C=O) groups is 4. The summed E-state index contributed by atoms with van der Waals surface area (Å²) >= 11 is 0. The van der Waals surface area contributed by atoms with Crippen LogP contribution in [0.2, 0.25) is 0 Å². The predicted molar refractivity (Wildman–Crippen MR) is 114 cm³/mol. The Morgan fingerprint density at radius 3 is 2.12 bits per heavy atom. The number of ether oxygens (including phenoxy) is 2. The zero-order valence-electron chi connectivity index (χ0n) is 17.2. The van der Waals surface area contributed by atoms with Crippen LogP contribution in [0, 0.1) is 5.92 Å². The highest BCUT2D eigenvalue weighted by Gasteiger charge is 2.35. The first kappa shape index (κ1) is 21.4. The van der Waals surface area contributed by atoms with Gasteiger partial charge >= 0.3 is 5.97 Å². The van der Waals surface area contributed by atoms with E-state index in [2.05, 4.69) is 0 Å². The monoisotopic (exact) mass is 438 g/mol. The van der Waals surface area contributed by atoms with Crippen LogP contribution in [0.5, 0.6) is 11.5 Å². The molecule has 3 heterocycles. The van der Waals surface area contributed by atoms with Crippen LogP contribution in [0.25, 0.3) is 0 Å². The lowest BCUT2D eigenvalue weighted by atomic mass is 10.0. The van der Waals surface area contributed by atoms with E-state index in [9.17, 15) is 19.2 Å². The van der Waals surface area contributed by atoms with Crippen LogP contribution in [0.4, 0.5) is 11.4 Å². The Morgan fingerprint density at radius 2 is 1.53 bits per heavy atom. The standard InChI is InChI=1S/C14H13NO5.C9H9NO2/c16-11-4-8-3-10(1-2-12(8)20-7-11)15-6-9(14(18)19)5-13(15)17;10-7-1-2-9-6(3-7)4-8(11)5-12-9/h1-3,9H,4-7H2,(H,18,19);1-3H,4-5,10H2. The summed E-state index contributed by atoms with van der Waals surface area (Å²) in [4.78, 5) is 46.7. The van der Waals surface area contributed by atoms with Gasteiger partial charge in [-0.05, 0) is 36.4 Å². The maximum Gasteiger partial charge on any atom is 0.308 e. The van der Waals surface area contributed by atoms with Gasteiger partial charge in [0.05, 0.1) is 5.92 Å². The van der Waals surface area contributed by atoms with Gasteiger partial charge < -0.3 is 25.2 Å². The van der Waals surface area contributed by atoms with Crippen molar-refractivity contribution in [2.24, 2.45) is 5.92 Å². The number of carbonyl (C=O) groups excluding carboxylic acids is 3. The highest BCUT2D eigenvalue weighted by Crippen LogP contribution is 2.31. The van der Waals surface area contributed by atoms with E-state index in [1.807, 2.05) is 0 Å². The minimum Gasteiger partial charge on any atom is -0.486 e. The van der Waals surface area contributed by atoms with Gasteiger partial charge in [-0.2, -0.15) is 0 Å². The molecule has 0 aliphatic carbocycles. The second-order valence-corrected chi connectivity index (χ2v) is 7.91. The minimum atomic E-state index is -0.961. The number of Topliss-reactive ketones (excluding diaryl/α,β-unsaturated/α-hetero) is 2. The summed E-state index contributed by atoms with van der Waals surface area (Å²) in [6.07, 6.45) is 0.746. The Balaban J connectivity index is 0.000000174. The van der Waals surface area contributed by atoms with Crippen LogP contribution in [0.1, 0.15) is 17.5 Å². The molecule has 0 bridgehead atoms. The third kappa shape index (κ3) is 4.56. The van der Waals surface area contributed by atoms with Gasteiger partial charge in [0.15, 0.2) is 11.6 Å². The van der Waals surface area contributed by atoms with Crippen LogP contribution in [0.15, 0.2) is 36.4 Å². The first-order valence-corrected chi connectivity index (χ1v) is 10.1. The van der Waals surface area contributed by atoms with Crippen molar-refractivity contribution in [3.8, 4) is 11.5 Å². The smallest absolute Gasteiger partial charge is 0.308 e. The second-order valence-electron chi connectivity index (χ2n) is 7.91. The van der Waals surface area contributed by atoms with E-state index < -0.39 is 11.9 Å². The number of hydrogen-bond donors (Lipinski definition) is 2. The number of ketones is 2. The molecule has 3 aliphatic heterocycles. The molecule has 9 nitrogen and oxygen atoms in total. The van der Waals surface area contributed by atoms with Crippen molar-refractivity contribution in [2.45, 2.75) is 19.3 Å². The van der Waals surface area contributed by atoms with E-state index in [-0.39, 0.29) is 50.1 Å². The summed E-state index contributed by atoms with van der Waals surface area (Å²) in [7, 11) is 0. The third-order valence-corrected chi connectivity index (χ3v) is 5.47. The van der Waals surface area contributed by atoms with Gasteiger partial charge in [-0.25, -0.2) is 0 Å². The van der Waals surface area contributed by atoms with Crippen molar-refractivity contribution < 1.29 is 33.8 Å². The quantitative estimate of drug-likeness (QED) is 0.672. The predicted octanol–water partition coefficient (Wildman–Crippen LogP) is 1.40. The maximum atomic E-state index is 11.9. The van der Waals surface area contributed by atoms with Gasteiger partial charge in [-0.1, -0.05) is 0 Å². The number of benzene rings is 2. The maximum absolute atomic E-state index is 11.9. The number of nitrogen functional groups attached to an aromatic ring is 1. The molecule has 1 atom stereocenters. The first-order chi connectivity index (χ1) is 15.3. The number of nitrogens with two attached hydrogens (primary N) is 1. The molecule has 166 valence electrons. The number of fused-ring (bicyclic) bond motifs is 2. The van der Waals surface area contributed by atoms with Crippen molar-refractivity contribution in [1.29, 1.82) is 0 Å². The fraction of sp³-hybridized carbons (Fsp3) is 0.304. The second kappa shape index (κ2) is 8.70. The molecule has 1 amide bonds. The van der Waals surface area contributed by atoms with Gasteiger partial charge in [0.25, 0.3) is 0 Å². The van der Waals surface area contributed by atoms with Crippen LogP contribution < -0.4 is 20.1 Å². The van der Waals surface area contributed by atoms with E-state index >= 15 is 0 Å². The minimum absolute atomic E-state index is 0.00851. The zero-order valence-corrected chi connectivity index (χ0v) is 17.2. The highest BCUT2D eigenvalue weighted by molar-refractivity contribution is 5.99. The molecule has 32 heavy (non-hydrogen) atoms. The molecule has 0 spiro atoms. The lowest BCUT2D eigenvalue weighted by Gasteiger charge is -2.21. The summed E-state index contributed by atoms with van der Waals surface area (Å²) in [6.45, 7) is 0.439. The molecular formula is C23H22N2O7. The largest absolute Gasteiger partial charge is 0.486 e. The Kier molecular flexibility index (Phi) is 5.81. The zero-order chi connectivity index (χ0) is 22.8. The fourth-order valence-corrected chi connectivity index (χ4v) is 3.86. The van der Waals surface area contributed by atoms with E-state index in [0.717, 1.165) is 16.9 Å². The first-order valence-electron chi connectivity index (χ1n) is 10.1. The molecule has 1 unspecified atom stereocenters. The molecule has 1 fully saturated rings. The van der Waals surface area contributed by atoms with Gasteiger partial charge in [0.1, 0.15) is 24.7 Å². The van der Waals surface area contributed by atoms with Crippen molar-refractivity contribution in [2.75, 3.05) is 30.4 Å². The lowest BCUT2D eigenvalue weighted by molar-refractivity contribution is -0.141. The van der Waals surface area contributed by atoms with Crippen molar-refractivity contribution in [1.82, 2.24) is 0 Å². The number of hydrogen-bond acceptors (Lipinski definition) is 7. The Bertz CT molecular complexity index is 1110. The molecule has 0 aromatic heterocycles. The molecule has 1 saturated heterocycles. The molecule has 2 aromatic carbocycles. The fourth-order valence-electron chi connectivity index (χ4n) is 3.86. The molecule has 5 rings (SSSR count). The number of amides is 1. The highest BCUT2D eigenvalue weighted by atomic mass is 16.5. The van der Waals surface area contributed by atoms with Crippen LogP contribution in [-0.4, -0.2) is 48.3 Å². The van der Waals surface area contributed by atoms with Gasteiger partial charge in [0.2, 0.25) is 5.91 Å². The van der Waals surface area contributed by atoms with Crippen LogP contribution in [0.3, 0.4) is 0 Å². The van der Waals surface area contributed by atoms with Crippen LogP contribution in [-0.2, 0) is 32.0 Å². The number of aliphatic carboxylic acids is 1. The van der Waals surface area contributed by atoms with E-state index in [0.29, 0.717) is 23.5 Å². The summed E-state index contributed by atoms with van der Waals surface area (Å²) in [5.74, 6) is -0.313. The lowest BCUT2D eigenvalue weighted by Crippen LogP contribution is -2.26. The summed E-state index contributed by atoms with van der Waals surface area (Å²) < 4.78 is 10.5. The number of carboxylic acids is 1. The Morgan fingerprint density at radius 1 is 0.938 bits per heavy atom. The number of nitrogens with zero attached hydrogens (tertiary/aromatic N) is 1. The molecule has 3 aliphatic rings. The average Bonchev–Trinajstić information content (AvgIpc) is 3.15. The normalized spacial score (nSPS) is 19.2. The topological polar surface area (TPSA) is 136 Å². The molecule has 2 aromatic rings. The molecule has 0 radical (unpaired) electrons. The SMILES string of the molecule is Nc1ccc2c(c1)CC(=O)CO2.O=C1COc2ccc(N3CC(C(=O)O)CC3=O)cc2C1. The van der Waals surface area contributed by atoms with E-state index in [4.69, 9.17) is 20.3 Å². The molecular weight excluding hydrogens is 416 g/mol. The van der Waals surface area contributed by atoms with Crippen molar-refractivity contribution in [3.63, 3.8) is 0 Å². The summed E-state index contributed by atoms with van der Waals surface area (Å²) in [5, 5.41) is 8.98. The number of anilines is 2. The van der Waals surface area contributed by atoms with Gasteiger partial charge in [0, 0.05) is 48.3 Å². The van der Waals surface area contributed by atoms with Gasteiger partial charge in [-0.3, -0.25) is 19.2 Å². The summed E-state index contributed by atoms with van der Waals surface area (Å²) in [6, 6.07) is 10.5. The van der Waals surface area contributed by atoms with E-state index in [1.54, 1.807) is 36.4 Å². The van der Waals surface area contributed by atoms with Crippen LogP contribution >= 0.6 is 0 Å². The van der Waals surface area contributed by atoms with Crippen molar-refractivity contribution >= 4 is 34.8 Å². The van der Waals surface area contributed by atoms with E-state index in [1.165, 1.54) is 4.90 Å². The Hall–Kier alpha value is -3.88. The molecule has 9 heteroatoms. The molecule has 0 saturated carbocycles.